The second-order valence-electron chi connectivity index (χ2n) is 3.80. The number of hydrogen-bond donors (Lipinski definition) is 1. The Morgan fingerprint density at radius 1 is 1.44 bits per heavy atom. The van der Waals surface area contributed by atoms with Crippen LogP contribution < -0.4 is 5.73 Å². The van der Waals surface area contributed by atoms with Crippen LogP contribution in [0.3, 0.4) is 0 Å². The zero-order valence-corrected chi connectivity index (χ0v) is 10.8. The van der Waals surface area contributed by atoms with Crippen LogP contribution >= 0.6 is 11.8 Å². The summed E-state index contributed by atoms with van der Waals surface area (Å²) < 4.78 is 0. The molecule has 0 fully saturated rings. The molecule has 1 aromatic carbocycles. The van der Waals surface area contributed by atoms with Crippen LogP contribution in [0, 0.1) is 0 Å². The Labute approximate surface area is 101 Å². The lowest BCUT2D eigenvalue weighted by Gasteiger charge is -2.12. The maximum absolute atomic E-state index is 11.8. The molecule has 1 amide bonds. The minimum absolute atomic E-state index is 0.0124. The molecule has 0 aliphatic rings. The smallest absolute Gasteiger partial charge is 0.253 e. The molecular formula is C12H18N2OS. The number of amides is 1. The molecule has 1 rings (SSSR count). The molecule has 16 heavy (non-hydrogen) atoms. The van der Waals surface area contributed by atoms with E-state index in [-0.39, 0.29) is 5.91 Å². The number of rotatable bonds is 4. The highest BCUT2D eigenvalue weighted by atomic mass is 32.2. The van der Waals surface area contributed by atoms with Crippen LogP contribution in [-0.4, -0.2) is 30.7 Å². The van der Waals surface area contributed by atoms with Gasteiger partial charge < -0.3 is 10.6 Å². The number of carbonyl (C=O) groups is 1. The molecule has 0 saturated heterocycles. The van der Waals surface area contributed by atoms with Crippen LogP contribution in [0.5, 0.6) is 0 Å². The van der Waals surface area contributed by atoms with Crippen molar-refractivity contribution in [2.45, 2.75) is 18.2 Å². The average molecular weight is 238 g/mol. The van der Waals surface area contributed by atoms with Gasteiger partial charge in [0.05, 0.1) is 0 Å². The molecule has 0 atom stereocenters. The molecule has 1 aromatic rings. The third-order valence-corrected chi connectivity index (χ3v) is 3.41. The van der Waals surface area contributed by atoms with Gasteiger partial charge in [0.1, 0.15) is 0 Å². The van der Waals surface area contributed by atoms with Crippen molar-refractivity contribution in [3.8, 4) is 0 Å². The quantitative estimate of drug-likeness (QED) is 0.647. The van der Waals surface area contributed by atoms with Crippen molar-refractivity contribution in [3.05, 3.63) is 23.8 Å². The summed E-state index contributed by atoms with van der Waals surface area (Å²) in [5.41, 5.74) is 7.30. The predicted molar refractivity (Wildman–Crippen MR) is 69.9 cm³/mol. The van der Waals surface area contributed by atoms with Gasteiger partial charge in [0.15, 0.2) is 0 Å². The van der Waals surface area contributed by atoms with Gasteiger partial charge in [-0.2, -0.15) is 0 Å². The predicted octanol–water partition coefficient (Wildman–Crippen LogP) is 2.47. The number of carbonyl (C=O) groups excluding carboxylic acids is 1. The van der Waals surface area contributed by atoms with E-state index in [4.69, 9.17) is 5.73 Å². The van der Waals surface area contributed by atoms with Crippen LogP contribution in [0.15, 0.2) is 23.1 Å². The van der Waals surface area contributed by atoms with Crippen LogP contribution in [-0.2, 0) is 0 Å². The van der Waals surface area contributed by atoms with Crippen molar-refractivity contribution in [1.29, 1.82) is 0 Å². The van der Waals surface area contributed by atoms with Crippen LogP contribution in [0.1, 0.15) is 23.7 Å². The molecule has 0 aliphatic heterocycles. The first kappa shape index (κ1) is 12.9. The van der Waals surface area contributed by atoms with Crippen molar-refractivity contribution in [3.63, 3.8) is 0 Å². The first-order valence-electron chi connectivity index (χ1n) is 5.30. The third kappa shape index (κ3) is 3.17. The Morgan fingerprint density at radius 2 is 2.12 bits per heavy atom. The number of benzene rings is 1. The summed E-state index contributed by atoms with van der Waals surface area (Å²) in [6.45, 7) is 2.12. The minimum Gasteiger partial charge on any atom is -0.398 e. The summed E-state index contributed by atoms with van der Waals surface area (Å²) in [7, 11) is 3.50. The van der Waals surface area contributed by atoms with Gasteiger partial charge in [-0.05, 0) is 30.4 Å². The molecule has 0 saturated carbocycles. The molecule has 0 spiro atoms. The average Bonchev–Trinajstić information content (AvgIpc) is 2.27. The van der Waals surface area contributed by atoms with Crippen LogP contribution in [0.4, 0.5) is 5.69 Å². The molecule has 2 N–H and O–H groups in total. The van der Waals surface area contributed by atoms with E-state index in [2.05, 4.69) is 6.92 Å². The molecule has 3 nitrogen and oxygen atoms in total. The minimum atomic E-state index is 0.0124. The fourth-order valence-corrected chi connectivity index (χ4v) is 2.13. The molecule has 88 valence electrons. The maximum atomic E-state index is 11.8. The zero-order valence-electron chi connectivity index (χ0n) is 9.99. The van der Waals surface area contributed by atoms with Crippen LogP contribution in [0.25, 0.3) is 0 Å². The molecule has 0 heterocycles. The fraction of sp³-hybridized carbons (Fsp3) is 0.417. The van der Waals surface area contributed by atoms with E-state index in [1.807, 2.05) is 6.07 Å². The molecular weight excluding hydrogens is 220 g/mol. The van der Waals surface area contributed by atoms with Crippen molar-refractivity contribution in [2.24, 2.45) is 0 Å². The van der Waals surface area contributed by atoms with Crippen LogP contribution in [0.2, 0.25) is 0 Å². The van der Waals surface area contributed by atoms with Gasteiger partial charge in [-0.3, -0.25) is 4.79 Å². The Kier molecular flexibility index (Phi) is 4.68. The van der Waals surface area contributed by atoms with Gasteiger partial charge in [0.2, 0.25) is 0 Å². The highest BCUT2D eigenvalue weighted by molar-refractivity contribution is 7.99. The summed E-state index contributed by atoms with van der Waals surface area (Å²) >= 11 is 1.69. The molecule has 0 bridgehead atoms. The number of nitrogens with zero attached hydrogens (tertiary/aromatic N) is 1. The lowest BCUT2D eigenvalue weighted by molar-refractivity contribution is 0.0827. The SMILES string of the molecule is CCCSc1cc(C(=O)N(C)C)ccc1N. The lowest BCUT2D eigenvalue weighted by Crippen LogP contribution is -2.21. The Morgan fingerprint density at radius 3 is 2.69 bits per heavy atom. The van der Waals surface area contributed by atoms with E-state index in [9.17, 15) is 4.79 Å². The topological polar surface area (TPSA) is 46.3 Å². The van der Waals surface area contributed by atoms with Crippen molar-refractivity contribution < 1.29 is 4.79 Å². The first-order valence-corrected chi connectivity index (χ1v) is 6.28. The van der Waals surface area contributed by atoms with Gasteiger partial charge >= 0.3 is 0 Å². The lowest BCUT2D eigenvalue weighted by atomic mass is 10.2. The summed E-state index contributed by atoms with van der Waals surface area (Å²) in [6.07, 6.45) is 1.09. The Hall–Kier alpha value is -1.16. The van der Waals surface area contributed by atoms with Crippen molar-refractivity contribution in [2.75, 3.05) is 25.6 Å². The van der Waals surface area contributed by atoms with E-state index in [1.165, 1.54) is 0 Å². The largest absolute Gasteiger partial charge is 0.398 e. The van der Waals surface area contributed by atoms with Gasteiger partial charge in [0.25, 0.3) is 5.91 Å². The highest BCUT2D eigenvalue weighted by Crippen LogP contribution is 2.26. The highest BCUT2D eigenvalue weighted by Gasteiger charge is 2.10. The van der Waals surface area contributed by atoms with Crippen molar-refractivity contribution in [1.82, 2.24) is 4.90 Å². The maximum Gasteiger partial charge on any atom is 0.253 e. The van der Waals surface area contributed by atoms with E-state index < -0.39 is 0 Å². The summed E-state index contributed by atoms with van der Waals surface area (Å²) in [5, 5.41) is 0. The van der Waals surface area contributed by atoms with E-state index >= 15 is 0 Å². The molecule has 4 heteroatoms. The van der Waals surface area contributed by atoms with Gasteiger partial charge in [-0.25, -0.2) is 0 Å². The number of hydrogen-bond acceptors (Lipinski definition) is 3. The van der Waals surface area contributed by atoms with Gasteiger partial charge in [0, 0.05) is 30.2 Å². The monoisotopic (exact) mass is 238 g/mol. The summed E-state index contributed by atoms with van der Waals surface area (Å²) in [5.74, 6) is 1.03. The van der Waals surface area contributed by atoms with Gasteiger partial charge in [-0.1, -0.05) is 6.92 Å². The number of thioether (sulfide) groups is 1. The standard InChI is InChI=1S/C12H18N2OS/c1-4-7-16-11-8-9(5-6-10(11)13)12(15)14(2)3/h5-6,8H,4,7,13H2,1-3H3. The number of anilines is 1. The Bertz CT molecular complexity index is 377. The normalized spacial score (nSPS) is 10.2. The molecule has 0 aromatic heterocycles. The second kappa shape index (κ2) is 5.80. The molecule has 0 aliphatic carbocycles. The number of nitrogens with two attached hydrogens (primary N) is 1. The van der Waals surface area contributed by atoms with E-state index in [0.29, 0.717) is 5.56 Å². The van der Waals surface area contributed by atoms with E-state index in [0.717, 1.165) is 22.8 Å². The molecule has 0 unspecified atom stereocenters. The summed E-state index contributed by atoms with van der Waals surface area (Å²) in [6, 6.07) is 5.44. The van der Waals surface area contributed by atoms with Crippen molar-refractivity contribution >= 4 is 23.4 Å². The zero-order chi connectivity index (χ0) is 12.1. The molecule has 0 radical (unpaired) electrons. The first-order chi connectivity index (χ1) is 7.56. The third-order valence-electron chi connectivity index (χ3n) is 2.13. The fourth-order valence-electron chi connectivity index (χ4n) is 1.26. The number of nitrogen functional groups attached to an aromatic ring is 1. The second-order valence-corrected chi connectivity index (χ2v) is 4.94. The van der Waals surface area contributed by atoms with E-state index in [1.54, 1.807) is 42.9 Å². The van der Waals surface area contributed by atoms with Gasteiger partial charge in [-0.15, -0.1) is 11.8 Å². The Balaban J connectivity index is 2.93. The summed E-state index contributed by atoms with van der Waals surface area (Å²) in [4.78, 5) is 14.3.